The molecule has 0 bridgehead atoms. The summed E-state index contributed by atoms with van der Waals surface area (Å²) in [5.74, 6) is 5.63. The van der Waals surface area contributed by atoms with Crippen LogP contribution in [0.1, 0.15) is 22.0 Å². The molecule has 4 heteroatoms. The standard InChI is InChI=1S/C12H13BrN2S/c1-8-2-4-9(5-3-8)12(15-14)10-6-7-11(13)16-10/h2-7,12,15H,14H2,1H3. The topological polar surface area (TPSA) is 38.0 Å². The Bertz CT molecular complexity index is 464. The maximum atomic E-state index is 5.63. The summed E-state index contributed by atoms with van der Waals surface area (Å²) < 4.78 is 1.12. The van der Waals surface area contributed by atoms with Crippen molar-refractivity contribution in [3.63, 3.8) is 0 Å². The third-order valence-electron chi connectivity index (χ3n) is 2.46. The molecule has 2 rings (SSSR count). The molecule has 84 valence electrons. The molecule has 0 aliphatic rings. The van der Waals surface area contributed by atoms with Crippen molar-refractivity contribution in [2.24, 2.45) is 5.84 Å². The first-order chi connectivity index (χ1) is 7.70. The van der Waals surface area contributed by atoms with Crippen LogP contribution in [0.15, 0.2) is 40.2 Å². The quantitative estimate of drug-likeness (QED) is 0.673. The van der Waals surface area contributed by atoms with Gasteiger partial charge in [-0.1, -0.05) is 29.8 Å². The summed E-state index contributed by atoms with van der Waals surface area (Å²) in [4.78, 5) is 1.21. The van der Waals surface area contributed by atoms with Gasteiger partial charge in [-0.3, -0.25) is 5.84 Å². The maximum Gasteiger partial charge on any atom is 0.0802 e. The molecular formula is C12H13BrN2S. The monoisotopic (exact) mass is 296 g/mol. The van der Waals surface area contributed by atoms with E-state index in [4.69, 9.17) is 5.84 Å². The molecule has 2 nitrogen and oxygen atoms in total. The summed E-state index contributed by atoms with van der Waals surface area (Å²) in [5, 5.41) is 0. The van der Waals surface area contributed by atoms with Gasteiger partial charge in [0.1, 0.15) is 0 Å². The summed E-state index contributed by atoms with van der Waals surface area (Å²) >= 11 is 5.16. The molecule has 16 heavy (non-hydrogen) atoms. The molecule has 0 radical (unpaired) electrons. The average Bonchev–Trinajstić information content (AvgIpc) is 2.69. The van der Waals surface area contributed by atoms with Crippen LogP contribution in [0.25, 0.3) is 0 Å². The Balaban J connectivity index is 2.32. The summed E-state index contributed by atoms with van der Waals surface area (Å²) in [6.45, 7) is 2.08. The Morgan fingerprint density at radius 3 is 2.38 bits per heavy atom. The smallest absolute Gasteiger partial charge is 0.0802 e. The highest BCUT2D eigenvalue weighted by molar-refractivity contribution is 9.11. The van der Waals surface area contributed by atoms with Crippen molar-refractivity contribution < 1.29 is 0 Å². The molecule has 2 aromatic rings. The summed E-state index contributed by atoms with van der Waals surface area (Å²) in [5.41, 5.74) is 5.30. The molecule has 1 aromatic carbocycles. The van der Waals surface area contributed by atoms with Gasteiger partial charge in [0.25, 0.3) is 0 Å². The van der Waals surface area contributed by atoms with Crippen LogP contribution in [0.4, 0.5) is 0 Å². The van der Waals surface area contributed by atoms with Gasteiger partial charge in [-0.2, -0.15) is 0 Å². The first-order valence-corrected chi connectivity index (χ1v) is 6.59. The van der Waals surface area contributed by atoms with Crippen LogP contribution in [0, 0.1) is 6.92 Å². The third kappa shape index (κ3) is 2.52. The van der Waals surface area contributed by atoms with Gasteiger partial charge in [0.15, 0.2) is 0 Å². The van der Waals surface area contributed by atoms with Crippen LogP contribution in [-0.4, -0.2) is 0 Å². The van der Waals surface area contributed by atoms with E-state index in [0.717, 1.165) is 3.79 Å². The van der Waals surface area contributed by atoms with Gasteiger partial charge in [-0.15, -0.1) is 11.3 Å². The lowest BCUT2D eigenvalue weighted by atomic mass is 10.0. The van der Waals surface area contributed by atoms with E-state index in [1.807, 2.05) is 6.07 Å². The van der Waals surface area contributed by atoms with E-state index in [-0.39, 0.29) is 6.04 Å². The molecule has 0 amide bonds. The highest BCUT2D eigenvalue weighted by Crippen LogP contribution is 2.30. The van der Waals surface area contributed by atoms with Gasteiger partial charge in [-0.05, 0) is 40.5 Å². The molecule has 0 saturated carbocycles. The fraction of sp³-hybridized carbons (Fsp3) is 0.167. The van der Waals surface area contributed by atoms with E-state index < -0.39 is 0 Å². The largest absolute Gasteiger partial charge is 0.271 e. The van der Waals surface area contributed by atoms with Gasteiger partial charge in [0.05, 0.1) is 9.83 Å². The number of benzene rings is 1. The number of hydrogen-bond donors (Lipinski definition) is 2. The van der Waals surface area contributed by atoms with Crippen molar-refractivity contribution >= 4 is 27.3 Å². The van der Waals surface area contributed by atoms with E-state index in [1.165, 1.54) is 16.0 Å². The highest BCUT2D eigenvalue weighted by Gasteiger charge is 2.13. The molecule has 0 saturated heterocycles. The van der Waals surface area contributed by atoms with Crippen molar-refractivity contribution in [3.8, 4) is 0 Å². The lowest BCUT2D eigenvalue weighted by molar-refractivity contribution is 0.646. The SMILES string of the molecule is Cc1ccc(C(NN)c2ccc(Br)s2)cc1. The zero-order valence-electron chi connectivity index (χ0n) is 8.91. The van der Waals surface area contributed by atoms with E-state index in [0.29, 0.717) is 0 Å². The number of nitrogens with one attached hydrogen (secondary N) is 1. The number of rotatable bonds is 3. The van der Waals surface area contributed by atoms with Crippen LogP contribution >= 0.6 is 27.3 Å². The zero-order valence-corrected chi connectivity index (χ0v) is 11.3. The lowest BCUT2D eigenvalue weighted by Crippen LogP contribution is -2.28. The molecule has 0 spiro atoms. The summed E-state index contributed by atoms with van der Waals surface area (Å²) in [7, 11) is 0. The van der Waals surface area contributed by atoms with Crippen LogP contribution in [0.2, 0.25) is 0 Å². The second-order valence-corrected chi connectivity index (χ2v) is 6.15. The van der Waals surface area contributed by atoms with Gasteiger partial charge in [0, 0.05) is 4.88 Å². The van der Waals surface area contributed by atoms with Gasteiger partial charge in [-0.25, -0.2) is 5.43 Å². The normalized spacial score (nSPS) is 12.7. The van der Waals surface area contributed by atoms with Crippen molar-refractivity contribution in [1.82, 2.24) is 5.43 Å². The van der Waals surface area contributed by atoms with Crippen molar-refractivity contribution in [2.75, 3.05) is 0 Å². The lowest BCUT2D eigenvalue weighted by Gasteiger charge is -2.14. The zero-order chi connectivity index (χ0) is 11.5. The number of thiophene rings is 1. The Morgan fingerprint density at radius 2 is 1.88 bits per heavy atom. The molecular weight excluding hydrogens is 284 g/mol. The minimum atomic E-state index is 0.0666. The Hall–Kier alpha value is -0.680. The second kappa shape index (κ2) is 5.10. The number of halogens is 1. The molecule has 3 N–H and O–H groups in total. The molecule has 1 atom stereocenters. The first kappa shape index (κ1) is 11.8. The van der Waals surface area contributed by atoms with Crippen molar-refractivity contribution in [3.05, 3.63) is 56.2 Å². The minimum absolute atomic E-state index is 0.0666. The fourth-order valence-corrected chi connectivity index (χ4v) is 3.10. The number of hydrogen-bond acceptors (Lipinski definition) is 3. The second-order valence-electron chi connectivity index (χ2n) is 3.65. The average molecular weight is 297 g/mol. The molecule has 1 unspecified atom stereocenters. The van der Waals surface area contributed by atoms with Crippen LogP contribution in [0.5, 0.6) is 0 Å². The summed E-state index contributed by atoms with van der Waals surface area (Å²) in [6, 6.07) is 12.6. The highest BCUT2D eigenvalue weighted by atomic mass is 79.9. The number of hydrazine groups is 1. The number of nitrogens with two attached hydrogens (primary N) is 1. The van der Waals surface area contributed by atoms with Gasteiger partial charge >= 0.3 is 0 Å². The molecule has 0 aliphatic carbocycles. The van der Waals surface area contributed by atoms with Crippen LogP contribution < -0.4 is 11.3 Å². The van der Waals surface area contributed by atoms with Crippen LogP contribution in [0.3, 0.4) is 0 Å². The van der Waals surface area contributed by atoms with Gasteiger partial charge < -0.3 is 0 Å². The Morgan fingerprint density at radius 1 is 1.19 bits per heavy atom. The van der Waals surface area contributed by atoms with Crippen LogP contribution in [-0.2, 0) is 0 Å². The fourth-order valence-electron chi connectivity index (χ4n) is 1.58. The third-order valence-corrected chi connectivity index (χ3v) is 4.14. The Kier molecular flexibility index (Phi) is 3.76. The predicted molar refractivity (Wildman–Crippen MR) is 72.4 cm³/mol. The van der Waals surface area contributed by atoms with E-state index in [9.17, 15) is 0 Å². The maximum absolute atomic E-state index is 5.63. The van der Waals surface area contributed by atoms with Crippen molar-refractivity contribution in [1.29, 1.82) is 0 Å². The minimum Gasteiger partial charge on any atom is -0.271 e. The van der Waals surface area contributed by atoms with E-state index in [2.05, 4.69) is 58.6 Å². The van der Waals surface area contributed by atoms with E-state index >= 15 is 0 Å². The Labute approximate surface area is 108 Å². The predicted octanol–water partition coefficient (Wildman–Crippen LogP) is 3.37. The van der Waals surface area contributed by atoms with Gasteiger partial charge in [0.2, 0.25) is 0 Å². The summed E-state index contributed by atoms with van der Waals surface area (Å²) in [6.07, 6.45) is 0. The first-order valence-electron chi connectivity index (χ1n) is 4.98. The van der Waals surface area contributed by atoms with Crippen molar-refractivity contribution in [2.45, 2.75) is 13.0 Å². The molecule has 0 fully saturated rings. The molecule has 0 aliphatic heterocycles. The molecule has 1 aromatic heterocycles. The number of aryl methyl sites for hydroxylation is 1. The van der Waals surface area contributed by atoms with E-state index in [1.54, 1.807) is 11.3 Å². The molecule has 1 heterocycles.